The summed E-state index contributed by atoms with van der Waals surface area (Å²) in [6.07, 6.45) is 3.59. The molecular formula is C31H40N6O6S. The number of nitrogens with one attached hydrogen (secondary N) is 2. The van der Waals surface area contributed by atoms with Crippen LogP contribution in [0.3, 0.4) is 0 Å². The van der Waals surface area contributed by atoms with Crippen molar-refractivity contribution in [3.63, 3.8) is 0 Å². The Kier molecular flexibility index (Phi) is 11.6. The molecule has 1 atom stereocenters. The number of nitrogens with zero attached hydrogens (tertiary/aromatic N) is 3. The van der Waals surface area contributed by atoms with Gasteiger partial charge in [-0.3, -0.25) is 4.79 Å². The van der Waals surface area contributed by atoms with Crippen LogP contribution in [0.15, 0.2) is 53.6 Å². The third kappa shape index (κ3) is 8.58. The molecule has 4 bridgehead atoms. The van der Waals surface area contributed by atoms with Gasteiger partial charge in [0.15, 0.2) is 11.5 Å². The van der Waals surface area contributed by atoms with E-state index in [0.29, 0.717) is 73.0 Å². The lowest BCUT2D eigenvalue weighted by Crippen LogP contribution is -2.27. The molecule has 6 rings (SSSR count). The molecule has 4 N–H and O–H groups in total. The molecule has 12 nitrogen and oxygen atoms in total. The molecule has 4 heterocycles. The number of benzene rings is 2. The second kappa shape index (κ2) is 16.0. The van der Waals surface area contributed by atoms with Crippen LogP contribution in [0.25, 0.3) is 11.3 Å². The molecule has 3 aliphatic heterocycles. The van der Waals surface area contributed by atoms with Crippen molar-refractivity contribution in [2.75, 3.05) is 77.4 Å². The minimum atomic E-state index is -1.36. The summed E-state index contributed by atoms with van der Waals surface area (Å²) in [5.41, 5.74) is 8.68. The molecule has 1 amide bonds. The number of carbonyl (C=O) groups is 1. The van der Waals surface area contributed by atoms with E-state index in [0.717, 1.165) is 38.2 Å². The van der Waals surface area contributed by atoms with Gasteiger partial charge in [0.2, 0.25) is 0 Å². The lowest BCUT2D eigenvalue weighted by molar-refractivity contribution is 0.0348. The van der Waals surface area contributed by atoms with E-state index in [4.69, 9.17) is 24.7 Å². The van der Waals surface area contributed by atoms with Crippen molar-refractivity contribution in [1.82, 2.24) is 19.6 Å². The summed E-state index contributed by atoms with van der Waals surface area (Å²) in [7, 11) is 0.416. The molecule has 2 aromatic carbocycles. The number of para-hydroxylation sites is 1. The summed E-state index contributed by atoms with van der Waals surface area (Å²) < 4.78 is 37.8. The number of hydrogen-bond donors (Lipinski definition) is 3. The van der Waals surface area contributed by atoms with E-state index in [1.54, 1.807) is 41.7 Å². The van der Waals surface area contributed by atoms with Crippen LogP contribution in [0, 0.1) is 5.92 Å². The zero-order chi connectivity index (χ0) is 30.7. The molecule has 1 saturated heterocycles. The smallest absolute Gasteiger partial charge is 0.278 e. The summed E-state index contributed by atoms with van der Waals surface area (Å²) in [6, 6.07) is 12.8. The zero-order valence-electron chi connectivity index (χ0n) is 25.0. The fourth-order valence-electron chi connectivity index (χ4n) is 4.96. The van der Waals surface area contributed by atoms with Gasteiger partial charge in [-0.15, -0.1) is 0 Å². The Morgan fingerprint density at radius 2 is 1.73 bits per heavy atom. The van der Waals surface area contributed by atoms with Crippen LogP contribution in [0.1, 0.15) is 28.9 Å². The highest BCUT2D eigenvalue weighted by atomic mass is 32.2. The quantitative estimate of drug-likeness (QED) is 0.370. The molecule has 1 aromatic heterocycles. The van der Waals surface area contributed by atoms with Crippen molar-refractivity contribution < 1.29 is 28.0 Å². The maximum atomic E-state index is 13.5. The largest absolute Gasteiger partial charge is 0.489 e. The van der Waals surface area contributed by atoms with Crippen LogP contribution in [0.5, 0.6) is 5.75 Å². The molecule has 1 unspecified atom stereocenters. The van der Waals surface area contributed by atoms with Gasteiger partial charge in [-0.25, -0.2) is 18.5 Å². The van der Waals surface area contributed by atoms with Crippen LogP contribution in [-0.2, 0) is 31.7 Å². The summed E-state index contributed by atoms with van der Waals surface area (Å²) in [5.74, 6) is 0.612. The first-order valence-electron chi connectivity index (χ1n) is 14.9. The predicted octanol–water partition coefficient (Wildman–Crippen LogP) is 2.87. The maximum Gasteiger partial charge on any atom is 0.278 e. The number of carbonyl (C=O) groups excluding carboxylic acids is 1. The van der Waals surface area contributed by atoms with E-state index in [-0.39, 0.29) is 18.1 Å². The lowest BCUT2D eigenvalue weighted by Gasteiger charge is -2.23. The highest BCUT2D eigenvalue weighted by Crippen LogP contribution is 2.30. The van der Waals surface area contributed by atoms with Crippen molar-refractivity contribution in [1.29, 1.82) is 0 Å². The standard InChI is InChI=1S/C31H40N6O6S/c1-37-11-14-41-15-16-42-17-18-43-29-24(20-33-19-22-9-12-40-13-10-22)3-2-4-26(29)36-31(38)28-30(32)34-21-27(35-28)23-5-7-25(8-6-23)44(37)39/h2-8,21-22,33H,9-20H2,1H3,(H2,32,34)(H,36,38). The number of nitrogen functional groups attached to an aromatic ring is 1. The predicted molar refractivity (Wildman–Crippen MR) is 168 cm³/mol. The van der Waals surface area contributed by atoms with Crippen molar-refractivity contribution in [3.05, 3.63) is 59.9 Å². The summed E-state index contributed by atoms with van der Waals surface area (Å²) in [6.45, 7) is 5.34. The first-order chi connectivity index (χ1) is 21.5. The third-order valence-electron chi connectivity index (χ3n) is 7.48. The monoisotopic (exact) mass is 624 g/mol. The average Bonchev–Trinajstić information content (AvgIpc) is 3.04. The minimum absolute atomic E-state index is 0.00523. The summed E-state index contributed by atoms with van der Waals surface area (Å²) >= 11 is 0. The van der Waals surface area contributed by atoms with Crippen LogP contribution in [0.4, 0.5) is 11.5 Å². The number of aromatic nitrogens is 2. The fourth-order valence-corrected chi connectivity index (χ4v) is 5.93. The Morgan fingerprint density at radius 1 is 1.00 bits per heavy atom. The van der Waals surface area contributed by atoms with Gasteiger partial charge < -0.3 is 35.3 Å². The second-order valence-electron chi connectivity index (χ2n) is 10.6. The maximum absolute atomic E-state index is 13.5. The van der Waals surface area contributed by atoms with Crippen LogP contribution in [-0.4, -0.2) is 90.8 Å². The first-order valence-corrected chi connectivity index (χ1v) is 16.0. The SMILES string of the molecule is CN1CCOCCOCCOc2c(CNCC3CCOCC3)cccc2NC(=O)c2nc(cnc2N)-c2ccc(cc2)S1=O. The number of ether oxygens (including phenoxy) is 4. The van der Waals surface area contributed by atoms with Gasteiger partial charge in [0.25, 0.3) is 5.91 Å². The molecular weight excluding hydrogens is 584 g/mol. The molecule has 44 heavy (non-hydrogen) atoms. The molecule has 0 saturated carbocycles. The van der Waals surface area contributed by atoms with E-state index in [1.165, 1.54) is 6.20 Å². The van der Waals surface area contributed by atoms with Crippen LogP contribution < -0.4 is 21.1 Å². The van der Waals surface area contributed by atoms with Gasteiger partial charge in [0, 0.05) is 44.5 Å². The van der Waals surface area contributed by atoms with Crippen molar-refractivity contribution in [2.45, 2.75) is 24.3 Å². The van der Waals surface area contributed by atoms with Gasteiger partial charge in [-0.2, -0.15) is 0 Å². The number of hydrogen-bond acceptors (Lipinski definition) is 10. The highest BCUT2D eigenvalue weighted by Gasteiger charge is 2.20. The highest BCUT2D eigenvalue weighted by molar-refractivity contribution is 7.82. The van der Waals surface area contributed by atoms with E-state index in [2.05, 4.69) is 20.6 Å². The fraction of sp³-hybridized carbons (Fsp3) is 0.452. The molecule has 236 valence electrons. The van der Waals surface area contributed by atoms with Crippen LogP contribution >= 0.6 is 0 Å². The number of nitrogens with two attached hydrogens (primary N) is 1. The van der Waals surface area contributed by atoms with E-state index in [1.807, 2.05) is 12.1 Å². The Balaban J connectivity index is 1.39. The lowest BCUT2D eigenvalue weighted by atomic mass is 10.0. The number of rotatable bonds is 4. The van der Waals surface area contributed by atoms with Gasteiger partial charge in [-0.1, -0.05) is 24.3 Å². The molecule has 0 spiro atoms. The Hall–Kier alpha value is -3.46. The van der Waals surface area contributed by atoms with Crippen molar-refractivity contribution >= 4 is 28.4 Å². The van der Waals surface area contributed by atoms with Crippen molar-refractivity contribution in [3.8, 4) is 17.0 Å². The molecule has 0 aliphatic carbocycles. The number of amides is 1. The zero-order valence-corrected chi connectivity index (χ0v) is 25.8. The Labute approximate surface area is 260 Å². The van der Waals surface area contributed by atoms with E-state index >= 15 is 0 Å². The minimum Gasteiger partial charge on any atom is -0.489 e. The average molecular weight is 625 g/mol. The first kappa shape index (κ1) is 31.9. The second-order valence-corrected chi connectivity index (χ2v) is 12.2. The Bertz CT molecular complexity index is 1420. The third-order valence-corrected chi connectivity index (χ3v) is 8.91. The molecule has 3 aliphatic rings. The molecule has 3 aromatic rings. The molecule has 13 heteroatoms. The number of fused-ring (bicyclic) bond motifs is 13. The number of likely N-dealkylation sites (N-methyl/N-ethyl adjacent to an activating group) is 1. The number of anilines is 2. The summed E-state index contributed by atoms with van der Waals surface area (Å²) in [4.78, 5) is 22.9. The van der Waals surface area contributed by atoms with Gasteiger partial charge in [0.05, 0.1) is 48.9 Å². The molecule has 0 radical (unpaired) electrons. The van der Waals surface area contributed by atoms with E-state index in [9.17, 15) is 9.00 Å². The van der Waals surface area contributed by atoms with Gasteiger partial charge in [-0.05, 0) is 43.5 Å². The molecule has 1 fully saturated rings. The van der Waals surface area contributed by atoms with Gasteiger partial charge in [0.1, 0.15) is 23.3 Å². The topological polar surface area (TPSA) is 150 Å². The normalized spacial score (nSPS) is 19.7. The van der Waals surface area contributed by atoms with Crippen LogP contribution in [0.2, 0.25) is 0 Å². The van der Waals surface area contributed by atoms with Crippen molar-refractivity contribution in [2.24, 2.45) is 5.92 Å². The van der Waals surface area contributed by atoms with E-state index < -0.39 is 16.9 Å². The van der Waals surface area contributed by atoms with Gasteiger partial charge >= 0.3 is 0 Å². The summed E-state index contributed by atoms with van der Waals surface area (Å²) in [5, 5.41) is 6.48. The Morgan fingerprint density at radius 3 is 2.52 bits per heavy atom.